The molecule has 3 rings (SSSR count). The van der Waals surface area contributed by atoms with Gasteiger partial charge in [-0.25, -0.2) is 4.79 Å². The Morgan fingerprint density at radius 3 is 2.45 bits per heavy atom. The second-order valence-corrected chi connectivity index (χ2v) is 7.56. The van der Waals surface area contributed by atoms with E-state index in [0.29, 0.717) is 0 Å². The van der Waals surface area contributed by atoms with Crippen molar-refractivity contribution >= 4 is 52.6 Å². The van der Waals surface area contributed by atoms with Crippen molar-refractivity contribution in [3.63, 3.8) is 0 Å². The van der Waals surface area contributed by atoms with Gasteiger partial charge in [-0.2, -0.15) is 5.10 Å². The number of thioether (sulfide) groups is 1. The first kappa shape index (κ1) is 20.6. The Hall–Kier alpha value is -3.17. The fourth-order valence-electron chi connectivity index (χ4n) is 2.52. The van der Waals surface area contributed by atoms with Gasteiger partial charge < -0.3 is 15.5 Å². The lowest BCUT2D eigenvalue weighted by atomic mass is 10.0. The number of carbonyl (C=O) groups excluding carboxylic acids is 1. The van der Waals surface area contributed by atoms with Crippen molar-refractivity contribution in [2.24, 2.45) is 10.2 Å². The third-order valence-electron chi connectivity index (χ3n) is 3.94. The summed E-state index contributed by atoms with van der Waals surface area (Å²) in [5.74, 6) is -2.54. The summed E-state index contributed by atoms with van der Waals surface area (Å²) in [5, 5.41) is 27.8. The highest BCUT2D eigenvalue weighted by Gasteiger charge is 2.32. The topological polar surface area (TPSA) is 128 Å². The Kier molecular flexibility index (Phi) is 6.30. The smallest absolute Gasteiger partial charge is 0.337 e. The number of hydrogen-bond acceptors (Lipinski definition) is 6. The maximum absolute atomic E-state index is 11.6. The van der Waals surface area contributed by atoms with Gasteiger partial charge in [-0.05, 0) is 28.8 Å². The van der Waals surface area contributed by atoms with Crippen molar-refractivity contribution in [1.29, 1.82) is 0 Å². The molecule has 29 heavy (non-hydrogen) atoms. The number of halogens is 1. The molecule has 0 aliphatic carbocycles. The Bertz CT molecular complexity index is 1040. The lowest BCUT2D eigenvalue weighted by molar-refractivity contribution is -0.138. The van der Waals surface area contributed by atoms with Crippen LogP contribution in [0.3, 0.4) is 0 Å². The van der Waals surface area contributed by atoms with Crippen molar-refractivity contribution in [2.75, 3.05) is 0 Å². The minimum absolute atomic E-state index is 0.0424. The number of amides is 1. The number of aromatic carboxylic acids is 1. The van der Waals surface area contributed by atoms with Crippen LogP contribution in [0.15, 0.2) is 52.7 Å². The number of nitrogens with one attached hydrogen (secondary N) is 1. The Morgan fingerprint density at radius 2 is 1.83 bits per heavy atom. The van der Waals surface area contributed by atoms with E-state index in [9.17, 15) is 14.4 Å². The van der Waals surface area contributed by atoms with E-state index in [2.05, 4.69) is 15.5 Å². The molecule has 1 unspecified atom stereocenters. The predicted octanol–water partition coefficient (Wildman–Crippen LogP) is 3.10. The van der Waals surface area contributed by atoms with E-state index >= 15 is 0 Å². The summed E-state index contributed by atoms with van der Waals surface area (Å²) in [5.41, 5.74) is 2.42. The fourth-order valence-corrected chi connectivity index (χ4v) is 3.70. The monoisotopic (exact) mass is 431 g/mol. The number of nitrogens with zero attached hydrogens (tertiary/aromatic N) is 2. The number of aliphatic carboxylic acids is 1. The van der Waals surface area contributed by atoms with Crippen LogP contribution in [-0.4, -0.2) is 44.7 Å². The number of benzene rings is 2. The molecule has 0 radical (unpaired) electrons. The summed E-state index contributed by atoms with van der Waals surface area (Å²) in [6, 6.07) is 12.0. The van der Waals surface area contributed by atoms with Crippen LogP contribution in [0.2, 0.25) is 5.02 Å². The number of rotatable bonds is 6. The van der Waals surface area contributed by atoms with Crippen LogP contribution in [0.5, 0.6) is 0 Å². The van der Waals surface area contributed by atoms with Crippen LogP contribution in [0.1, 0.15) is 22.3 Å². The molecule has 1 saturated heterocycles. The van der Waals surface area contributed by atoms with Gasteiger partial charge >= 0.3 is 11.9 Å². The Morgan fingerprint density at radius 1 is 1.14 bits per heavy atom. The molecule has 1 amide bonds. The summed E-state index contributed by atoms with van der Waals surface area (Å²) in [6.07, 6.45) is 1.21. The van der Waals surface area contributed by atoms with Gasteiger partial charge in [0.1, 0.15) is 5.25 Å². The van der Waals surface area contributed by atoms with Crippen molar-refractivity contribution in [1.82, 2.24) is 5.32 Å². The second-order valence-electron chi connectivity index (χ2n) is 5.97. The zero-order valence-corrected chi connectivity index (χ0v) is 16.3. The van der Waals surface area contributed by atoms with Gasteiger partial charge in [0.2, 0.25) is 5.91 Å². The molecule has 8 nitrogen and oxygen atoms in total. The lowest BCUT2D eigenvalue weighted by Gasteiger charge is -2.05. The van der Waals surface area contributed by atoms with Gasteiger partial charge in [0.25, 0.3) is 0 Å². The molecule has 1 fully saturated rings. The van der Waals surface area contributed by atoms with Crippen molar-refractivity contribution in [3.05, 3.63) is 58.6 Å². The highest BCUT2D eigenvalue weighted by molar-refractivity contribution is 8.15. The Labute approximate surface area is 174 Å². The zero-order valence-electron chi connectivity index (χ0n) is 14.7. The molecule has 0 aromatic heterocycles. The standard InChI is InChI=1S/C19H14ClN3O5S/c20-14-7-12(5-6-13(14)18(27)28)11-3-1-10(2-4-11)9-21-23-19-22-17(26)15(29-19)8-16(24)25/h1-7,9,15H,8H2,(H,24,25)(H,27,28)(H,22,23,26). The number of hydrogen-bond donors (Lipinski definition) is 3. The third-order valence-corrected chi connectivity index (χ3v) is 5.32. The van der Waals surface area contributed by atoms with E-state index in [1.165, 1.54) is 12.3 Å². The zero-order chi connectivity index (χ0) is 21.0. The number of carbonyl (C=O) groups is 3. The lowest BCUT2D eigenvalue weighted by Crippen LogP contribution is -2.26. The molecular formula is C19H14ClN3O5S. The normalized spacial score (nSPS) is 17.6. The van der Waals surface area contributed by atoms with Gasteiger partial charge in [0.15, 0.2) is 5.17 Å². The molecule has 1 aliphatic rings. The van der Waals surface area contributed by atoms with Crippen molar-refractivity contribution < 1.29 is 24.6 Å². The first-order chi connectivity index (χ1) is 13.8. The average molecular weight is 432 g/mol. The SMILES string of the molecule is O=C(O)CC1SC(=NN=Cc2ccc(-c3ccc(C(=O)O)c(Cl)c3)cc2)NC1=O. The first-order valence-corrected chi connectivity index (χ1v) is 9.53. The minimum atomic E-state index is -1.08. The summed E-state index contributed by atoms with van der Waals surface area (Å²) >= 11 is 7.03. The van der Waals surface area contributed by atoms with E-state index in [1.54, 1.807) is 24.3 Å². The van der Waals surface area contributed by atoms with E-state index in [0.717, 1.165) is 28.5 Å². The summed E-state index contributed by atoms with van der Waals surface area (Å²) < 4.78 is 0. The molecule has 0 spiro atoms. The van der Waals surface area contributed by atoms with Gasteiger partial charge in [-0.3, -0.25) is 9.59 Å². The molecule has 0 saturated carbocycles. The molecule has 3 N–H and O–H groups in total. The predicted molar refractivity (Wildman–Crippen MR) is 111 cm³/mol. The fraction of sp³-hybridized carbons (Fsp3) is 0.105. The molecule has 1 aliphatic heterocycles. The van der Waals surface area contributed by atoms with Crippen LogP contribution < -0.4 is 5.32 Å². The molecular weight excluding hydrogens is 418 g/mol. The van der Waals surface area contributed by atoms with Gasteiger partial charge in [0, 0.05) is 0 Å². The van der Waals surface area contributed by atoms with Gasteiger partial charge in [-0.1, -0.05) is 53.7 Å². The molecule has 2 aromatic rings. The summed E-state index contributed by atoms with van der Waals surface area (Å²) in [7, 11) is 0. The van der Waals surface area contributed by atoms with Crippen molar-refractivity contribution in [2.45, 2.75) is 11.7 Å². The van der Waals surface area contributed by atoms with Gasteiger partial charge in [-0.15, -0.1) is 5.10 Å². The minimum Gasteiger partial charge on any atom is -0.481 e. The van der Waals surface area contributed by atoms with E-state index < -0.39 is 23.1 Å². The highest BCUT2D eigenvalue weighted by atomic mass is 35.5. The van der Waals surface area contributed by atoms with Crippen molar-refractivity contribution in [3.8, 4) is 11.1 Å². The number of amidine groups is 1. The van der Waals surface area contributed by atoms with Crippen LogP contribution in [0, 0.1) is 0 Å². The van der Waals surface area contributed by atoms with E-state index in [4.69, 9.17) is 21.8 Å². The van der Waals surface area contributed by atoms with Crippen LogP contribution in [0.4, 0.5) is 0 Å². The van der Waals surface area contributed by atoms with Crippen LogP contribution in [0.25, 0.3) is 11.1 Å². The molecule has 1 atom stereocenters. The highest BCUT2D eigenvalue weighted by Crippen LogP contribution is 2.26. The molecule has 148 valence electrons. The third kappa shape index (κ3) is 5.21. The van der Waals surface area contributed by atoms with Crippen LogP contribution in [-0.2, 0) is 9.59 Å². The summed E-state index contributed by atoms with van der Waals surface area (Å²) in [4.78, 5) is 33.4. The molecule has 0 bridgehead atoms. The van der Waals surface area contributed by atoms with E-state index in [-0.39, 0.29) is 22.2 Å². The maximum atomic E-state index is 11.6. The van der Waals surface area contributed by atoms with Crippen LogP contribution >= 0.6 is 23.4 Å². The average Bonchev–Trinajstić information content (AvgIpc) is 3.00. The largest absolute Gasteiger partial charge is 0.481 e. The quantitative estimate of drug-likeness (QED) is 0.476. The molecule has 1 heterocycles. The second kappa shape index (κ2) is 8.89. The number of carboxylic acid groups (broad SMARTS) is 2. The maximum Gasteiger partial charge on any atom is 0.337 e. The molecule has 2 aromatic carbocycles. The van der Waals surface area contributed by atoms with E-state index in [1.807, 2.05) is 12.1 Å². The summed E-state index contributed by atoms with van der Waals surface area (Å²) in [6.45, 7) is 0. The van der Waals surface area contributed by atoms with Gasteiger partial charge in [0.05, 0.1) is 23.2 Å². The Balaban J connectivity index is 1.67. The first-order valence-electron chi connectivity index (χ1n) is 8.27. The number of carboxylic acids is 2. The molecule has 10 heteroatoms.